The maximum atomic E-state index is 11.6. The first kappa shape index (κ1) is 13.0. The quantitative estimate of drug-likeness (QED) is 0.713. The smallest absolute Gasteiger partial charge is 0.305 e. The van der Waals surface area contributed by atoms with Gasteiger partial charge in [0.25, 0.3) is 5.91 Å². The van der Waals surface area contributed by atoms with E-state index in [4.69, 9.17) is 5.11 Å². The number of aromatic nitrogens is 1. The molecule has 0 aliphatic rings. The Morgan fingerprint density at radius 2 is 2.06 bits per heavy atom. The van der Waals surface area contributed by atoms with Gasteiger partial charge in [0.15, 0.2) is 5.69 Å². The molecule has 0 aliphatic heterocycles. The summed E-state index contributed by atoms with van der Waals surface area (Å²) in [5.74, 6) is -1.75. The first-order valence-corrected chi connectivity index (χ1v) is 5.09. The molecule has 1 aromatic heterocycles. The number of amides is 1. The second kappa shape index (κ2) is 5.29. The van der Waals surface area contributed by atoms with Crippen molar-refractivity contribution in [2.75, 3.05) is 6.54 Å². The number of nitrogens with one attached hydrogen (secondary N) is 1. The van der Waals surface area contributed by atoms with Gasteiger partial charge in [-0.2, -0.15) is 0 Å². The van der Waals surface area contributed by atoms with E-state index in [0.717, 1.165) is 0 Å². The van der Waals surface area contributed by atoms with Crippen LogP contribution in [0.5, 0.6) is 5.75 Å². The van der Waals surface area contributed by atoms with E-state index in [1.54, 1.807) is 19.9 Å². The van der Waals surface area contributed by atoms with Gasteiger partial charge in [0.2, 0.25) is 0 Å². The number of hydrogen-bond acceptors (Lipinski definition) is 4. The van der Waals surface area contributed by atoms with Crippen LogP contribution in [0.15, 0.2) is 6.07 Å². The molecule has 3 N–H and O–H groups in total. The number of rotatable bonds is 4. The Morgan fingerprint density at radius 1 is 1.41 bits per heavy atom. The summed E-state index contributed by atoms with van der Waals surface area (Å²) < 4.78 is 0. The molecule has 92 valence electrons. The Labute approximate surface area is 98.3 Å². The molecule has 0 fully saturated rings. The molecule has 0 aromatic carbocycles. The van der Waals surface area contributed by atoms with Gasteiger partial charge in [-0.25, -0.2) is 4.98 Å². The molecule has 1 amide bonds. The number of pyridine rings is 1. The van der Waals surface area contributed by atoms with E-state index < -0.39 is 11.9 Å². The summed E-state index contributed by atoms with van der Waals surface area (Å²) in [6, 6.07) is 1.66. The minimum atomic E-state index is -0.997. The molecule has 6 heteroatoms. The summed E-state index contributed by atoms with van der Waals surface area (Å²) in [4.78, 5) is 25.8. The lowest BCUT2D eigenvalue weighted by molar-refractivity contribution is -0.136. The lowest BCUT2D eigenvalue weighted by Gasteiger charge is -2.08. The van der Waals surface area contributed by atoms with Gasteiger partial charge in [0.05, 0.1) is 6.42 Å². The van der Waals surface area contributed by atoms with Crippen LogP contribution in [0, 0.1) is 13.8 Å². The number of aromatic hydroxyl groups is 1. The molecule has 0 aliphatic carbocycles. The van der Waals surface area contributed by atoms with Crippen molar-refractivity contribution in [2.24, 2.45) is 0 Å². The van der Waals surface area contributed by atoms with Crippen molar-refractivity contribution in [1.82, 2.24) is 10.3 Å². The van der Waals surface area contributed by atoms with E-state index >= 15 is 0 Å². The topological polar surface area (TPSA) is 99.5 Å². The molecule has 0 unspecified atom stereocenters. The number of carbonyl (C=O) groups is 2. The van der Waals surface area contributed by atoms with E-state index in [0.29, 0.717) is 11.3 Å². The molecule has 0 saturated heterocycles. The molecule has 0 radical (unpaired) electrons. The number of aliphatic carboxylic acids is 1. The fraction of sp³-hybridized carbons (Fsp3) is 0.364. The van der Waals surface area contributed by atoms with E-state index in [1.165, 1.54) is 0 Å². The second-order valence-corrected chi connectivity index (χ2v) is 3.68. The summed E-state index contributed by atoms with van der Waals surface area (Å²) >= 11 is 0. The summed E-state index contributed by atoms with van der Waals surface area (Å²) in [5, 5.41) is 20.5. The fourth-order valence-electron chi connectivity index (χ4n) is 1.36. The van der Waals surface area contributed by atoms with Crippen LogP contribution in [-0.4, -0.2) is 33.6 Å². The highest BCUT2D eigenvalue weighted by Gasteiger charge is 2.15. The summed E-state index contributed by atoms with van der Waals surface area (Å²) in [6.45, 7) is 3.38. The van der Waals surface area contributed by atoms with Crippen LogP contribution < -0.4 is 5.32 Å². The lowest BCUT2D eigenvalue weighted by atomic mass is 10.2. The van der Waals surface area contributed by atoms with Gasteiger partial charge in [0.1, 0.15) is 5.75 Å². The summed E-state index contributed by atoms with van der Waals surface area (Å²) in [5.41, 5.74) is 1.09. The van der Waals surface area contributed by atoms with Crippen molar-refractivity contribution in [3.8, 4) is 5.75 Å². The van der Waals surface area contributed by atoms with Crippen molar-refractivity contribution in [1.29, 1.82) is 0 Å². The second-order valence-electron chi connectivity index (χ2n) is 3.68. The average molecular weight is 238 g/mol. The Balaban J connectivity index is 2.78. The normalized spacial score (nSPS) is 10.0. The zero-order valence-electron chi connectivity index (χ0n) is 9.65. The molecule has 6 nitrogen and oxygen atoms in total. The monoisotopic (exact) mass is 238 g/mol. The Kier molecular flexibility index (Phi) is 4.03. The molecule has 0 atom stereocenters. The predicted octanol–water partition coefficient (Wildman–Crippen LogP) is 0.609. The zero-order valence-corrected chi connectivity index (χ0v) is 9.65. The molecule has 0 bridgehead atoms. The third-order valence-electron chi connectivity index (χ3n) is 2.15. The predicted molar refractivity (Wildman–Crippen MR) is 60.0 cm³/mol. The Morgan fingerprint density at radius 3 is 2.65 bits per heavy atom. The number of carboxylic acid groups (broad SMARTS) is 1. The van der Waals surface area contributed by atoms with Gasteiger partial charge in [-0.15, -0.1) is 0 Å². The molecule has 1 aromatic rings. The Bertz CT molecular complexity index is 457. The third-order valence-corrected chi connectivity index (χ3v) is 2.15. The van der Waals surface area contributed by atoms with Crippen LogP contribution in [0.25, 0.3) is 0 Å². The number of nitrogens with zero attached hydrogens (tertiary/aromatic N) is 1. The van der Waals surface area contributed by atoms with Gasteiger partial charge in [-0.3, -0.25) is 9.59 Å². The van der Waals surface area contributed by atoms with Crippen molar-refractivity contribution < 1.29 is 19.8 Å². The number of carbonyl (C=O) groups excluding carboxylic acids is 1. The van der Waals surface area contributed by atoms with Crippen molar-refractivity contribution >= 4 is 11.9 Å². The van der Waals surface area contributed by atoms with Gasteiger partial charge >= 0.3 is 5.97 Å². The van der Waals surface area contributed by atoms with E-state index in [1.807, 2.05) is 0 Å². The maximum absolute atomic E-state index is 11.6. The zero-order chi connectivity index (χ0) is 13.0. The number of aryl methyl sites for hydroxylation is 2. The molecule has 1 heterocycles. The van der Waals surface area contributed by atoms with Crippen LogP contribution in [0.2, 0.25) is 0 Å². The largest absolute Gasteiger partial charge is 0.505 e. The van der Waals surface area contributed by atoms with E-state index in [-0.39, 0.29) is 24.4 Å². The van der Waals surface area contributed by atoms with Gasteiger partial charge in [-0.05, 0) is 25.5 Å². The number of carboxylic acids is 1. The van der Waals surface area contributed by atoms with Gasteiger partial charge in [0, 0.05) is 12.2 Å². The SMILES string of the molecule is Cc1cc(C)c(O)c(C(=O)NCCC(=O)O)n1. The summed E-state index contributed by atoms with van der Waals surface area (Å²) in [7, 11) is 0. The van der Waals surface area contributed by atoms with E-state index in [9.17, 15) is 14.7 Å². The number of hydrogen-bond donors (Lipinski definition) is 3. The van der Waals surface area contributed by atoms with Crippen LogP contribution in [0.1, 0.15) is 28.2 Å². The first-order valence-electron chi connectivity index (χ1n) is 5.09. The molecular formula is C11H14N2O4. The standard InChI is InChI=1S/C11H14N2O4/c1-6-5-7(2)13-9(10(6)16)11(17)12-4-3-8(14)15/h5,16H,3-4H2,1-2H3,(H,12,17)(H,14,15). The van der Waals surface area contributed by atoms with Crippen LogP contribution >= 0.6 is 0 Å². The minimum absolute atomic E-state index is 0.00226. The Hall–Kier alpha value is -2.11. The van der Waals surface area contributed by atoms with Crippen molar-refractivity contribution in [3.05, 3.63) is 23.0 Å². The minimum Gasteiger partial charge on any atom is -0.505 e. The summed E-state index contributed by atoms with van der Waals surface area (Å²) in [6.07, 6.45) is -0.169. The average Bonchev–Trinajstić information content (AvgIpc) is 2.22. The van der Waals surface area contributed by atoms with Crippen LogP contribution in [0.4, 0.5) is 0 Å². The molecule has 17 heavy (non-hydrogen) atoms. The highest BCUT2D eigenvalue weighted by molar-refractivity contribution is 5.95. The molecular weight excluding hydrogens is 224 g/mol. The molecule has 0 saturated carbocycles. The first-order chi connectivity index (χ1) is 7.91. The fourth-order valence-corrected chi connectivity index (χ4v) is 1.36. The highest BCUT2D eigenvalue weighted by Crippen LogP contribution is 2.20. The maximum Gasteiger partial charge on any atom is 0.305 e. The lowest BCUT2D eigenvalue weighted by Crippen LogP contribution is -2.27. The van der Waals surface area contributed by atoms with Crippen molar-refractivity contribution in [3.63, 3.8) is 0 Å². The van der Waals surface area contributed by atoms with E-state index in [2.05, 4.69) is 10.3 Å². The van der Waals surface area contributed by atoms with Gasteiger partial charge in [-0.1, -0.05) is 0 Å². The third kappa shape index (κ3) is 3.44. The highest BCUT2D eigenvalue weighted by atomic mass is 16.4. The molecule has 0 spiro atoms. The van der Waals surface area contributed by atoms with Crippen LogP contribution in [-0.2, 0) is 4.79 Å². The molecule has 1 rings (SSSR count). The van der Waals surface area contributed by atoms with Crippen molar-refractivity contribution in [2.45, 2.75) is 20.3 Å². The van der Waals surface area contributed by atoms with Gasteiger partial charge < -0.3 is 15.5 Å². The van der Waals surface area contributed by atoms with Crippen LogP contribution in [0.3, 0.4) is 0 Å².